The first-order valence-electron chi connectivity index (χ1n) is 10.8. The molecule has 0 spiro atoms. The highest BCUT2D eigenvalue weighted by Crippen LogP contribution is 2.39. The molecule has 1 aromatic heterocycles. The minimum atomic E-state index is -0.474. The zero-order valence-electron chi connectivity index (χ0n) is 17.4. The lowest BCUT2D eigenvalue weighted by Crippen LogP contribution is -2.52. The molecule has 2 saturated heterocycles. The van der Waals surface area contributed by atoms with Gasteiger partial charge in [-0.15, -0.1) is 11.3 Å². The molecule has 3 aliphatic rings. The fourth-order valence-corrected chi connectivity index (χ4v) is 6.00. The van der Waals surface area contributed by atoms with Gasteiger partial charge in [0.05, 0.1) is 12.1 Å². The standard InChI is InChI=1S/C21H30N4O4S/c1-13-4-5-14-16(11-13)30-20(18(14)19(22)27)23-17(26)12-24-6-8-25(9-7-24)21(28)15-3-2-10-29-15/h13,15H,2-12H2,1H3,(H2,22,27)(H,23,26)/t13-,15-/m0/s1. The third kappa shape index (κ3) is 4.53. The van der Waals surface area contributed by atoms with Gasteiger partial charge in [0.1, 0.15) is 11.1 Å². The van der Waals surface area contributed by atoms with Crippen LogP contribution < -0.4 is 11.1 Å². The maximum absolute atomic E-state index is 12.7. The van der Waals surface area contributed by atoms with E-state index in [4.69, 9.17) is 10.5 Å². The molecule has 0 saturated carbocycles. The second kappa shape index (κ2) is 9.03. The Balaban J connectivity index is 1.32. The van der Waals surface area contributed by atoms with Crippen molar-refractivity contribution in [2.75, 3.05) is 44.6 Å². The molecule has 30 heavy (non-hydrogen) atoms. The van der Waals surface area contributed by atoms with Crippen molar-refractivity contribution < 1.29 is 19.1 Å². The smallest absolute Gasteiger partial charge is 0.251 e. The van der Waals surface area contributed by atoms with Gasteiger partial charge in [0, 0.05) is 37.7 Å². The Morgan fingerprint density at radius 3 is 2.63 bits per heavy atom. The van der Waals surface area contributed by atoms with Crippen LogP contribution in [0.25, 0.3) is 0 Å². The van der Waals surface area contributed by atoms with Crippen molar-refractivity contribution in [1.29, 1.82) is 0 Å². The van der Waals surface area contributed by atoms with Crippen LogP contribution in [0.15, 0.2) is 0 Å². The molecule has 4 rings (SSSR count). The minimum Gasteiger partial charge on any atom is -0.368 e. The zero-order valence-corrected chi connectivity index (χ0v) is 18.3. The SMILES string of the molecule is C[C@H]1CCc2c(sc(NC(=O)CN3CCN(C(=O)[C@@H]4CCCO4)CC3)c2C(N)=O)C1. The fourth-order valence-electron chi connectivity index (χ4n) is 4.57. The molecule has 0 aromatic carbocycles. The number of hydrogen-bond donors (Lipinski definition) is 2. The average molecular weight is 435 g/mol. The van der Waals surface area contributed by atoms with Crippen molar-refractivity contribution in [2.24, 2.45) is 11.7 Å². The molecule has 1 aliphatic carbocycles. The van der Waals surface area contributed by atoms with Gasteiger partial charge >= 0.3 is 0 Å². The van der Waals surface area contributed by atoms with Gasteiger partial charge in [0.2, 0.25) is 5.91 Å². The number of hydrogen-bond acceptors (Lipinski definition) is 6. The maximum atomic E-state index is 12.7. The second-order valence-corrected chi connectivity index (χ2v) is 9.68. The van der Waals surface area contributed by atoms with Crippen molar-refractivity contribution in [2.45, 2.75) is 45.1 Å². The molecule has 2 atom stereocenters. The number of primary amides is 1. The van der Waals surface area contributed by atoms with Crippen LogP contribution in [0.1, 0.15) is 47.0 Å². The van der Waals surface area contributed by atoms with E-state index >= 15 is 0 Å². The summed E-state index contributed by atoms with van der Waals surface area (Å²) < 4.78 is 5.49. The Morgan fingerprint density at radius 1 is 1.20 bits per heavy atom. The van der Waals surface area contributed by atoms with Crippen LogP contribution in [-0.2, 0) is 27.2 Å². The highest BCUT2D eigenvalue weighted by Gasteiger charge is 2.31. The third-order valence-corrected chi connectivity index (χ3v) is 7.44. The molecule has 3 N–H and O–H groups in total. The van der Waals surface area contributed by atoms with E-state index in [1.54, 1.807) is 0 Å². The van der Waals surface area contributed by atoms with Crippen LogP contribution in [-0.4, -0.2) is 73.0 Å². The summed E-state index contributed by atoms with van der Waals surface area (Å²) in [5.41, 5.74) is 7.14. The predicted octanol–water partition coefficient (Wildman–Crippen LogP) is 1.23. The lowest BCUT2D eigenvalue weighted by Gasteiger charge is -2.35. The van der Waals surface area contributed by atoms with E-state index in [1.165, 1.54) is 16.2 Å². The van der Waals surface area contributed by atoms with Crippen molar-refractivity contribution in [3.05, 3.63) is 16.0 Å². The Labute approximate surface area is 180 Å². The van der Waals surface area contributed by atoms with Gasteiger partial charge in [-0.2, -0.15) is 0 Å². The summed E-state index contributed by atoms with van der Waals surface area (Å²) in [6, 6.07) is 0. The lowest BCUT2D eigenvalue weighted by molar-refractivity contribution is -0.142. The molecule has 0 radical (unpaired) electrons. The number of carbonyl (C=O) groups is 3. The molecule has 2 fully saturated rings. The summed E-state index contributed by atoms with van der Waals surface area (Å²) in [5.74, 6) is 0.0248. The predicted molar refractivity (Wildman–Crippen MR) is 115 cm³/mol. The number of ether oxygens (including phenoxy) is 1. The summed E-state index contributed by atoms with van der Waals surface area (Å²) >= 11 is 1.48. The van der Waals surface area contributed by atoms with Crippen LogP contribution in [0.3, 0.4) is 0 Å². The van der Waals surface area contributed by atoms with Gasteiger partial charge in [-0.1, -0.05) is 6.92 Å². The number of carbonyl (C=O) groups excluding carboxylic acids is 3. The maximum Gasteiger partial charge on any atom is 0.251 e. The number of anilines is 1. The normalized spacial score (nSPS) is 24.5. The van der Waals surface area contributed by atoms with Crippen molar-refractivity contribution >= 4 is 34.1 Å². The van der Waals surface area contributed by atoms with Crippen LogP contribution in [0.4, 0.5) is 5.00 Å². The Bertz CT molecular complexity index is 825. The quantitative estimate of drug-likeness (QED) is 0.725. The summed E-state index contributed by atoms with van der Waals surface area (Å²) in [6.45, 7) is 5.59. The van der Waals surface area contributed by atoms with Gasteiger partial charge in [-0.05, 0) is 43.6 Å². The van der Waals surface area contributed by atoms with Crippen molar-refractivity contribution in [3.63, 3.8) is 0 Å². The molecular weight excluding hydrogens is 404 g/mol. The highest BCUT2D eigenvalue weighted by atomic mass is 32.1. The monoisotopic (exact) mass is 434 g/mol. The molecule has 8 nitrogen and oxygen atoms in total. The summed E-state index contributed by atoms with van der Waals surface area (Å²) in [4.78, 5) is 42.2. The number of nitrogens with two attached hydrogens (primary N) is 1. The lowest BCUT2D eigenvalue weighted by atomic mass is 9.88. The molecule has 2 aliphatic heterocycles. The molecule has 0 bridgehead atoms. The van der Waals surface area contributed by atoms with E-state index in [1.807, 2.05) is 9.80 Å². The van der Waals surface area contributed by atoms with Crippen LogP contribution in [0.5, 0.6) is 0 Å². The molecule has 1 aromatic rings. The van der Waals surface area contributed by atoms with E-state index in [0.29, 0.717) is 49.3 Å². The van der Waals surface area contributed by atoms with Crippen LogP contribution >= 0.6 is 11.3 Å². The molecule has 3 heterocycles. The summed E-state index contributed by atoms with van der Waals surface area (Å²) in [5, 5.41) is 3.51. The number of piperazine rings is 1. The van der Waals surface area contributed by atoms with Gasteiger partial charge < -0.3 is 20.7 Å². The van der Waals surface area contributed by atoms with E-state index < -0.39 is 5.91 Å². The van der Waals surface area contributed by atoms with Crippen molar-refractivity contribution in [1.82, 2.24) is 9.80 Å². The van der Waals surface area contributed by atoms with E-state index in [9.17, 15) is 14.4 Å². The first-order chi connectivity index (χ1) is 14.4. The number of rotatable bonds is 5. The summed E-state index contributed by atoms with van der Waals surface area (Å²) in [7, 11) is 0. The van der Waals surface area contributed by atoms with E-state index in [2.05, 4.69) is 12.2 Å². The molecule has 0 unspecified atom stereocenters. The summed E-state index contributed by atoms with van der Waals surface area (Å²) in [6.07, 6.45) is 4.24. The molecule has 164 valence electrons. The molecule has 9 heteroatoms. The second-order valence-electron chi connectivity index (χ2n) is 8.57. The zero-order chi connectivity index (χ0) is 21.3. The van der Waals surface area contributed by atoms with E-state index in [-0.39, 0.29) is 24.5 Å². The number of nitrogens with one attached hydrogen (secondary N) is 1. The van der Waals surface area contributed by atoms with Gasteiger partial charge in [0.25, 0.3) is 11.8 Å². The van der Waals surface area contributed by atoms with Gasteiger partial charge in [-0.25, -0.2) is 0 Å². The minimum absolute atomic E-state index is 0.0705. The molecule has 3 amide bonds. The first-order valence-corrected chi connectivity index (χ1v) is 11.6. The Hall–Kier alpha value is -1.97. The number of amides is 3. The van der Waals surface area contributed by atoms with E-state index in [0.717, 1.165) is 37.7 Å². The van der Waals surface area contributed by atoms with Gasteiger partial charge in [0.15, 0.2) is 0 Å². The number of thiophene rings is 1. The van der Waals surface area contributed by atoms with Crippen molar-refractivity contribution in [3.8, 4) is 0 Å². The Morgan fingerprint density at radius 2 is 1.97 bits per heavy atom. The van der Waals surface area contributed by atoms with Crippen LogP contribution in [0, 0.1) is 5.92 Å². The molecular formula is C21H30N4O4S. The van der Waals surface area contributed by atoms with Crippen LogP contribution in [0.2, 0.25) is 0 Å². The Kier molecular flexibility index (Phi) is 6.40. The number of fused-ring (bicyclic) bond motifs is 1. The highest BCUT2D eigenvalue weighted by molar-refractivity contribution is 7.17. The largest absolute Gasteiger partial charge is 0.368 e. The topological polar surface area (TPSA) is 105 Å². The van der Waals surface area contributed by atoms with Gasteiger partial charge in [-0.3, -0.25) is 19.3 Å². The first kappa shape index (κ1) is 21.3. The fraction of sp³-hybridized carbons (Fsp3) is 0.667. The average Bonchev–Trinajstić information content (AvgIpc) is 3.35. The third-order valence-electron chi connectivity index (χ3n) is 6.27. The number of nitrogens with zero attached hydrogens (tertiary/aromatic N) is 2.